The molecule has 1 saturated heterocycles. The van der Waals surface area contributed by atoms with Gasteiger partial charge in [0.25, 0.3) is 5.95 Å². The van der Waals surface area contributed by atoms with Gasteiger partial charge < -0.3 is 29.4 Å². The number of hydrogen-bond donors (Lipinski definition) is 6. The number of H-pyrrole nitrogens is 1. The molecule has 2 rings (SSSR count). The third kappa shape index (κ3) is 6.22. The van der Waals surface area contributed by atoms with Crippen molar-refractivity contribution >= 4 is 23.5 Å². The van der Waals surface area contributed by atoms with Crippen LogP contribution >= 0.6 is 23.5 Å². The molecule has 184 valence electrons. The van der Waals surface area contributed by atoms with Crippen molar-refractivity contribution in [2.75, 3.05) is 0 Å². The van der Waals surface area contributed by atoms with Gasteiger partial charge in [0, 0.05) is 0 Å². The summed E-state index contributed by atoms with van der Waals surface area (Å²) in [6, 6.07) is 0. The van der Waals surface area contributed by atoms with Crippen molar-refractivity contribution < 1.29 is 65.0 Å². The molecule has 0 aliphatic carbocycles. The quantitative estimate of drug-likeness (QED) is 0.214. The van der Waals surface area contributed by atoms with Crippen molar-refractivity contribution in [3.05, 3.63) is 26.8 Å². The topological polar surface area (TPSA) is 257 Å². The Bertz CT molecular complexity index is 1130. The minimum atomic E-state index is -5.85. The van der Waals surface area contributed by atoms with Crippen molar-refractivity contribution in [3.8, 4) is 0 Å². The molecule has 1 aromatic heterocycles. The van der Waals surface area contributed by atoms with E-state index < -0.39 is 70.9 Å². The Kier molecular flexibility index (Phi) is 7.49. The van der Waals surface area contributed by atoms with E-state index in [0.717, 1.165) is 6.92 Å². The number of nitrogens with zero attached hydrogens (tertiary/aromatic N) is 2. The van der Waals surface area contributed by atoms with Crippen molar-refractivity contribution in [1.29, 1.82) is 0 Å². The number of phosphoric ester groups is 1. The molecule has 0 bridgehead atoms. The first-order valence-electron chi connectivity index (χ1n) is 7.99. The highest BCUT2D eigenvalue weighted by Gasteiger charge is 2.58. The average Bonchev–Trinajstić information content (AvgIpc) is 2.77. The van der Waals surface area contributed by atoms with Gasteiger partial charge in [-0.25, -0.2) is 22.9 Å². The molecule has 1 fully saturated rings. The van der Waals surface area contributed by atoms with E-state index in [4.69, 9.17) is 19.4 Å². The zero-order valence-corrected chi connectivity index (χ0v) is 18.4. The fraction of sp³-hybridized carbons (Fsp3) is 0.700. The van der Waals surface area contributed by atoms with Gasteiger partial charge >= 0.3 is 34.7 Å². The van der Waals surface area contributed by atoms with E-state index in [9.17, 15) is 37.7 Å². The van der Waals surface area contributed by atoms with Gasteiger partial charge in [-0.2, -0.15) is 17.7 Å². The number of nitrogens with one attached hydrogen (secondary N) is 1. The minimum Gasteiger partial charge on any atom is -0.387 e. The lowest BCUT2D eigenvalue weighted by molar-refractivity contribution is -0.0869. The van der Waals surface area contributed by atoms with E-state index in [1.165, 1.54) is 4.98 Å². The summed E-state index contributed by atoms with van der Waals surface area (Å²) in [5.41, 5.74) is -5.89. The Hall–Kier alpha value is -1.20. The fourth-order valence-electron chi connectivity index (χ4n) is 2.61. The van der Waals surface area contributed by atoms with E-state index in [1.54, 1.807) is 0 Å². The summed E-state index contributed by atoms with van der Waals surface area (Å²) in [7, 11) is -17.2. The number of rotatable bonds is 8. The highest BCUT2D eigenvalue weighted by atomic mass is 31.3. The number of aliphatic hydroxyl groups excluding tert-OH is 1. The minimum absolute atomic E-state index is 0.0114. The van der Waals surface area contributed by atoms with Crippen molar-refractivity contribution in [2.24, 2.45) is 0 Å². The van der Waals surface area contributed by atoms with E-state index >= 15 is 4.39 Å². The van der Waals surface area contributed by atoms with E-state index in [0.29, 0.717) is 6.92 Å². The molecule has 17 nitrogen and oxygen atoms in total. The van der Waals surface area contributed by atoms with Gasteiger partial charge in [0.2, 0.25) is 0 Å². The molecule has 1 aliphatic rings. The second kappa shape index (κ2) is 8.87. The summed E-state index contributed by atoms with van der Waals surface area (Å²) in [6.45, 7) is 1.55. The third-order valence-electron chi connectivity index (χ3n) is 3.87. The first kappa shape index (κ1) is 27.0. The molecule has 0 radical (unpaired) electrons. The summed E-state index contributed by atoms with van der Waals surface area (Å²) in [5, 5.41) is 13.1. The molecule has 6 N–H and O–H groups in total. The second-order valence-corrected chi connectivity index (χ2v) is 10.8. The lowest BCUT2D eigenvalue weighted by atomic mass is 9.96. The van der Waals surface area contributed by atoms with Crippen LogP contribution in [-0.2, 0) is 31.6 Å². The van der Waals surface area contributed by atoms with Crippen LogP contribution in [0.1, 0.15) is 20.1 Å². The van der Waals surface area contributed by atoms with Crippen LogP contribution in [0.3, 0.4) is 0 Å². The lowest BCUT2D eigenvalue weighted by Gasteiger charge is -2.25. The zero-order chi connectivity index (χ0) is 24.9. The van der Waals surface area contributed by atoms with E-state index in [1.807, 2.05) is 0 Å². The molecule has 1 aliphatic heterocycles. The smallest absolute Gasteiger partial charge is 0.387 e. The highest BCUT2D eigenvalue weighted by Crippen LogP contribution is 2.66. The van der Waals surface area contributed by atoms with Gasteiger partial charge in [0.1, 0.15) is 12.2 Å². The van der Waals surface area contributed by atoms with Gasteiger partial charge in [-0.1, -0.05) is 0 Å². The van der Waals surface area contributed by atoms with Crippen LogP contribution in [-0.4, -0.2) is 63.4 Å². The van der Waals surface area contributed by atoms with Gasteiger partial charge in [0.05, 0.1) is 6.10 Å². The number of hydrogen-bond acceptors (Lipinski definition) is 11. The Balaban J connectivity index is 2.25. The summed E-state index contributed by atoms with van der Waals surface area (Å²) < 4.78 is 78.9. The lowest BCUT2D eigenvalue weighted by Crippen LogP contribution is -2.46. The summed E-state index contributed by atoms with van der Waals surface area (Å²) >= 11 is 0. The van der Waals surface area contributed by atoms with Crippen LogP contribution in [0, 0.1) is 5.95 Å². The molecule has 22 heteroatoms. The maximum Gasteiger partial charge on any atom is 0.490 e. The van der Waals surface area contributed by atoms with Crippen LogP contribution in [0.5, 0.6) is 0 Å². The van der Waals surface area contributed by atoms with Crippen molar-refractivity contribution in [2.45, 2.75) is 44.1 Å². The number of alkyl halides is 1. The number of phosphoric acid groups is 3. The van der Waals surface area contributed by atoms with Crippen LogP contribution in [0.2, 0.25) is 0 Å². The first-order chi connectivity index (χ1) is 14.3. The second-order valence-electron chi connectivity index (χ2n) is 6.45. The van der Waals surface area contributed by atoms with Crippen LogP contribution in [0.25, 0.3) is 0 Å². The SMILES string of the molecule is C[C@@H](OP(=O)(O)OP(=O)(O)OP(=O)(O)O)[C@H]1O[C@@H](n2nc(F)c(=O)[nH]c2=O)[C@](C)(F)C1O. The predicted molar refractivity (Wildman–Crippen MR) is 92.9 cm³/mol. The van der Waals surface area contributed by atoms with Gasteiger partial charge in [-0.05, 0) is 13.8 Å². The number of halogens is 2. The Morgan fingerprint density at radius 1 is 1.19 bits per heavy atom. The fourth-order valence-corrected chi connectivity index (χ4v) is 5.81. The Morgan fingerprint density at radius 2 is 1.75 bits per heavy atom. The number of aliphatic hydroxyl groups is 1. The predicted octanol–water partition coefficient (Wildman–Crippen LogP) is -1.21. The molecule has 0 saturated carbocycles. The molecular weight excluding hydrogens is 517 g/mol. The van der Waals surface area contributed by atoms with Gasteiger partial charge in [0.15, 0.2) is 11.9 Å². The average molecular weight is 533 g/mol. The van der Waals surface area contributed by atoms with Crippen LogP contribution in [0.4, 0.5) is 8.78 Å². The summed E-state index contributed by atoms with van der Waals surface area (Å²) in [4.78, 5) is 60.0. The molecule has 0 spiro atoms. The maximum atomic E-state index is 15.1. The van der Waals surface area contributed by atoms with E-state index in [-0.39, 0.29) is 4.68 Å². The number of ether oxygens (including phenoxy) is 1. The molecule has 2 heterocycles. The van der Waals surface area contributed by atoms with Crippen LogP contribution in [0.15, 0.2) is 9.59 Å². The summed E-state index contributed by atoms with van der Waals surface area (Å²) in [5.74, 6) is -1.75. The third-order valence-corrected chi connectivity index (χ3v) is 7.80. The molecular formula is C10H16F2N3O14P3. The Labute approximate surface area is 175 Å². The monoisotopic (exact) mass is 533 g/mol. The van der Waals surface area contributed by atoms with E-state index in [2.05, 4.69) is 18.2 Å². The standard InChI is InChI=1S/C10H16F2N3O14P3/c1-3(27-31(22,23)29-32(24,25)28-30(19,20)21)4-5(16)10(2,12)8(26-4)15-9(18)13-7(17)6(11)14-15/h3-5,8,16H,1-2H3,(H,22,23)(H,24,25)(H,13,17,18)(H2,19,20,21)/t3-,4-,5?,8-,10-/m1/s1. The van der Waals surface area contributed by atoms with Crippen LogP contribution < -0.4 is 11.2 Å². The summed E-state index contributed by atoms with van der Waals surface area (Å²) in [6.07, 6.45) is -8.24. The molecule has 3 unspecified atom stereocenters. The number of aromatic amines is 1. The molecule has 1 aromatic rings. The normalized spacial score (nSPS) is 31.1. The molecule has 32 heavy (non-hydrogen) atoms. The van der Waals surface area contributed by atoms with Gasteiger partial charge in [-0.15, -0.1) is 5.10 Å². The molecule has 0 amide bonds. The van der Waals surface area contributed by atoms with Crippen molar-refractivity contribution in [3.63, 3.8) is 0 Å². The maximum absolute atomic E-state index is 15.1. The zero-order valence-electron chi connectivity index (χ0n) is 15.7. The number of aromatic nitrogens is 3. The largest absolute Gasteiger partial charge is 0.490 e. The molecule has 7 atom stereocenters. The van der Waals surface area contributed by atoms with Gasteiger partial charge in [-0.3, -0.25) is 14.3 Å². The Morgan fingerprint density at radius 3 is 2.28 bits per heavy atom. The first-order valence-corrected chi connectivity index (χ1v) is 12.5. The highest BCUT2D eigenvalue weighted by molar-refractivity contribution is 7.66. The molecule has 0 aromatic carbocycles. The van der Waals surface area contributed by atoms with Crippen molar-refractivity contribution in [1.82, 2.24) is 14.8 Å².